The van der Waals surface area contributed by atoms with Crippen molar-refractivity contribution in [3.8, 4) is 5.75 Å². The average molecular weight is 753 g/mol. The molecular weight excluding hydrogens is 696 g/mol. The van der Waals surface area contributed by atoms with Gasteiger partial charge in [-0.05, 0) is 36.5 Å². The molecule has 0 aromatic heterocycles. The molecule has 9 N–H and O–H groups in total. The third kappa shape index (κ3) is 12.8. The number of carbonyl (C=O) groups excluding carboxylic acids is 5. The van der Waals surface area contributed by atoms with E-state index in [0.29, 0.717) is 5.56 Å². The van der Waals surface area contributed by atoms with E-state index in [-0.39, 0.29) is 75.7 Å². The molecule has 53 heavy (non-hydrogen) atoms. The average Bonchev–Trinajstić information content (AvgIpc) is 3.11. The van der Waals surface area contributed by atoms with Gasteiger partial charge in [0.25, 0.3) is 5.91 Å². The number of carbonyl (C=O) groups is 5. The standard InChI is InChI=1S/C35H56N6O12/c1-18(2)25(38-20(5)6)31(46)40-23(8-7-11-37-35(36)49)30(45)39-22-10-9-21(17-51-33(48)19(3)4)16-24(22)52-34-28(44)26(42)27(43)29(53-34)32(47)41-12-14-50-15-13-41/h9-10,16,18-20,23,25-29,34,38,42-44H,7-8,11-15,17H2,1-6H3,(H,39,45)(H,40,46)(H3,36,37,49)/t23-,25-,26-,27-,28+,29-,34+/m0/s1. The summed E-state index contributed by atoms with van der Waals surface area (Å²) in [4.78, 5) is 65.5. The highest BCUT2D eigenvalue weighted by molar-refractivity contribution is 5.99. The number of aliphatic hydroxyl groups excluding tert-OH is 3. The fraction of sp³-hybridized carbons (Fsp3) is 0.686. The first-order valence-corrected chi connectivity index (χ1v) is 17.9. The molecule has 2 fully saturated rings. The first kappa shape index (κ1) is 43.3. The van der Waals surface area contributed by atoms with Crippen LogP contribution in [0.2, 0.25) is 0 Å². The molecule has 0 spiro atoms. The molecule has 1 aromatic carbocycles. The predicted molar refractivity (Wildman–Crippen MR) is 190 cm³/mol. The molecule has 0 radical (unpaired) electrons. The Morgan fingerprint density at radius 2 is 1.64 bits per heavy atom. The van der Waals surface area contributed by atoms with Crippen LogP contribution in [0.3, 0.4) is 0 Å². The Labute approximate surface area is 309 Å². The zero-order valence-electron chi connectivity index (χ0n) is 31.2. The summed E-state index contributed by atoms with van der Waals surface area (Å²) in [6.45, 7) is 11.8. The molecule has 298 valence electrons. The Balaban J connectivity index is 1.93. The van der Waals surface area contributed by atoms with Crippen LogP contribution in [-0.4, -0.2) is 132 Å². The molecule has 0 bridgehead atoms. The Kier molecular flexibility index (Phi) is 16.7. The molecule has 2 aliphatic rings. The molecule has 0 saturated carbocycles. The topological polar surface area (TPSA) is 260 Å². The van der Waals surface area contributed by atoms with Crippen molar-refractivity contribution in [1.82, 2.24) is 20.9 Å². The van der Waals surface area contributed by atoms with Crippen LogP contribution in [-0.2, 0) is 40.0 Å². The van der Waals surface area contributed by atoms with Crippen molar-refractivity contribution in [2.45, 2.75) is 110 Å². The normalized spacial score (nSPS) is 22.9. The summed E-state index contributed by atoms with van der Waals surface area (Å²) in [6, 6.07) is 1.93. The lowest BCUT2D eigenvalue weighted by Gasteiger charge is -2.41. The van der Waals surface area contributed by atoms with Crippen molar-refractivity contribution in [1.29, 1.82) is 0 Å². The van der Waals surface area contributed by atoms with Crippen LogP contribution in [0.1, 0.15) is 59.9 Å². The maximum Gasteiger partial charge on any atom is 0.312 e. The summed E-state index contributed by atoms with van der Waals surface area (Å²) in [5.74, 6) is -2.81. The third-order valence-electron chi connectivity index (χ3n) is 8.60. The fourth-order valence-electron chi connectivity index (χ4n) is 5.61. The van der Waals surface area contributed by atoms with Crippen LogP contribution in [0.5, 0.6) is 5.75 Å². The zero-order valence-corrected chi connectivity index (χ0v) is 31.2. The molecule has 18 heteroatoms. The molecule has 1 aromatic rings. The van der Waals surface area contributed by atoms with Gasteiger partial charge in [-0.25, -0.2) is 4.79 Å². The van der Waals surface area contributed by atoms with Gasteiger partial charge in [-0.3, -0.25) is 19.2 Å². The van der Waals surface area contributed by atoms with Crippen LogP contribution >= 0.6 is 0 Å². The van der Waals surface area contributed by atoms with E-state index < -0.39 is 78.4 Å². The number of primary amides is 1. The first-order valence-electron chi connectivity index (χ1n) is 17.9. The van der Waals surface area contributed by atoms with E-state index in [2.05, 4.69) is 21.3 Å². The van der Waals surface area contributed by atoms with Gasteiger partial charge in [-0.2, -0.15) is 0 Å². The molecule has 0 unspecified atom stereocenters. The summed E-state index contributed by atoms with van der Waals surface area (Å²) < 4.78 is 22.5. The number of hydrogen-bond acceptors (Lipinski definition) is 13. The number of ether oxygens (including phenoxy) is 4. The lowest BCUT2D eigenvalue weighted by molar-refractivity contribution is -0.269. The van der Waals surface area contributed by atoms with E-state index >= 15 is 0 Å². The van der Waals surface area contributed by atoms with E-state index in [1.54, 1.807) is 19.9 Å². The number of esters is 1. The van der Waals surface area contributed by atoms with Gasteiger partial charge in [0.1, 0.15) is 36.7 Å². The number of morpholine rings is 1. The molecule has 5 amide bonds. The van der Waals surface area contributed by atoms with E-state index in [1.807, 2.05) is 27.7 Å². The van der Waals surface area contributed by atoms with Gasteiger partial charge in [0.15, 0.2) is 6.10 Å². The molecule has 7 atom stereocenters. The van der Waals surface area contributed by atoms with Gasteiger partial charge in [0.05, 0.1) is 30.9 Å². The number of aliphatic hydroxyl groups is 3. The smallest absolute Gasteiger partial charge is 0.312 e. The summed E-state index contributed by atoms with van der Waals surface area (Å²) >= 11 is 0. The van der Waals surface area contributed by atoms with E-state index in [0.717, 1.165) is 0 Å². The van der Waals surface area contributed by atoms with Crippen molar-refractivity contribution < 1.29 is 58.2 Å². The molecule has 2 aliphatic heterocycles. The Morgan fingerprint density at radius 3 is 2.25 bits per heavy atom. The number of urea groups is 1. The van der Waals surface area contributed by atoms with Gasteiger partial charge < -0.3 is 66.2 Å². The molecule has 18 nitrogen and oxygen atoms in total. The number of anilines is 1. The second-order valence-electron chi connectivity index (χ2n) is 14.1. The van der Waals surface area contributed by atoms with Gasteiger partial charge in [-0.1, -0.05) is 47.6 Å². The first-order chi connectivity index (χ1) is 25.0. The van der Waals surface area contributed by atoms with Gasteiger partial charge in [0, 0.05) is 25.7 Å². The van der Waals surface area contributed by atoms with Crippen LogP contribution in [0.4, 0.5) is 10.5 Å². The van der Waals surface area contributed by atoms with Crippen molar-refractivity contribution in [3.05, 3.63) is 23.8 Å². The number of hydrogen-bond donors (Lipinski definition) is 8. The predicted octanol–water partition coefficient (Wildman–Crippen LogP) is -0.675. The molecule has 3 rings (SSSR count). The van der Waals surface area contributed by atoms with Crippen LogP contribution in [0, 0.1) is 11.8 Å². The lowest BCUT2D eigenvalue weighted by Crippen LogP contribution is -2.63. The fourth-order valence-corrected chi connectivity index (χ4v) is 5.61. The maximum absolute atomic E-state index is 13.9. The number of nitrogens with one attached hydrogen (secondary N) is 4. The second-order valence-corrected chi connectivity index (χ2v) is 14.1. The van der Waals surface area contributed by atoms with Gasteiger partial charge in [-0.15, -0.1) is 0 Å². The minimum absolute atomic E-state index is 0.0287. The molecule has 2 heterocycles. The molecular formula is C35H56N6O12. The van der Waals surface area contributed by atoms with Crippen molar-refractivity contribution in [2.24, 2.45) is 17.6 Å². The monoisotopic (exact) mass is 752 g/mol. The third-order valence-corrected chi connectivity index (χ3v) is 8.60. The minimum atomic E-state index is -1.85. The highest BCUT2D eigenvalue weighted by Crippen LogP contribution is 2.32. The second kappa shape index (κ2) is 20.4. The summed E-state index contributed by atoms with van der Waals surface area (Å²) in [5.41, 5.74) is 5.64. The number of nitrogens with zero attached hydrogens (tertiary/aromatic N) is 1. The molecule has 2 saturated heterocycles. The van der Waals surface area contributed by atoms with Crippen LogP contribution in [0.15, 0.2) is 18.2 Å². The number of amides is 5. The molecule has 0 aliphatic carbocycles. The van der Waals surface area contributed by atoms with Crippen molar-refractivity contribution in [3.63, 3.8) is 0 Å². The largest absolute Gasteiger partial charge is 0.461 e. The number of benzene rings is 1. The highest BCUT2D eigenvalue weighted by atomic mass is 16.7. The summed E-state index contributed by atoms with van der Waals surface area (Å²) in [5, 5.41) is 43.6. The SMILES string of the molecule is CC(C)N[C@H](C(=O)N[C@@H](CCCNC(N)=O)C(=O)Nc1ccc(COC(=O)C(C)C)cc1O[C@@H]1O[C@H](C(=O)N2CCOCC2)[C@@H](O)[C@H](O)[C@H]1O)C(C)C. The van der Waals surface area contributed by atoms with E-state index in [9.17, 15) is 39.3 Å². The number of nitrogens with two attached hydrogens (primary N) is 1. The Bertz CT molecular complexity index is 1410. The van der Waals surface area contributed by atoms with Gasteiger partial charge in [0.2, 0.25) is 18.1 Å². The lowest BCUT2D eigenvalue weighted by atomic mass is 9.97. The van der Waals surface area contributed by atoms with Crippen LogP contribution < -0.4 is 31.7 Å². The summed E-state index contributed by atoms with van der Waals surface area (Å²) in [7, 11) is 0. The van der Waals surface area contributed by atoms with E-state index in [4.69, 9.17) is 24.7 Å². The van der Waals surface area contributed by atoms with Crippen molar-refractivity contribution >= 4 is 35.4 Å². The van der Waals surface area contributed by atoms with E-state index in [1.165, 1.54) is 17.0 Å². The zero-order chi connectivity index (χ0) is 39.4. The maximum atomic E-state index is 13.9. The number of rotatable bonds is 17. The van der Waals surface area contributed by atoms with Gasteiger partial charge >= 0.3 is 12.0 Å². The Morgan fingerprint density at radius 1 is 0.962 bits per heavy atom. The van der Waals surface area contributed by atoms with Crippen LogP contribution in [0.25, 0.3) is 0 Å². The minimum Gasteiger partial charge on any atom is -0.461 e. The quantitative estimate of drug-likeness (QED) is 0.0726. The Hall–Kier alpha value is -4.07. The highest BCUT2D eigenvalue weighted by Gasteiger charge is 2.49. The van der Waals surface area contributed by atoms with Crippen molar-refractivity contribution in [2.75, 3.05) is 38.2 Å². The summed E-state index contributed by atoms with van der Waals surface area (Å²) in [6.07, 6.45) is -8.41.